The molecule has 5 nitrogen and oxygen atoms in total. The van der Waals surface area contributed by atoms with E-state index in [2.05, 4.69) is 14.9 Å². The van der Waals surface area contributed by atoms with Gasteiger partial charge in [0.1, 0.15) is 17.4 Å². The molecule has 1 aromatic heterocycles. The maximum Gasteiger partial charge on any atom is 0.136 e. The maximum absolute atomic E-state index is 12.2. The summed E-state index contributed by atoms with van der Waals surface area (Å²) in [6.07, 6.45) is 2.71. The number of halogens is 1. The van der Waals surface area contributed by atoms with Crippen molar-refractivity contribution in [1.82, 2.24) is 9.97 Å². The van der Waals surface area contributed by atoms with Crippen LogP contribution in [0.4, 0.5) is 5.82 Å². The predicted molar refractivity (Wildman–Crippen MR) is 108 cm³/mol. The molecular weight excluding hydrogens is 362 g/mol. The minimum absolute atomic E-state index is 0.0800. The molecule has 0 bridgehead atoms. The van der Waals surface area contributed by atoms with E-state index in [1.54, 1.807) is 0 Å². The number of ketones is 1. The molecule has 1 aliphatic rings. The van der Waals surface area contributed by atoms with E-state index in [4.69, 9.17) is 16.7 Å². The summed E-state index contributed by atoms with van der Waals surface area (Å²) in [5, 5.41) is 9.63. The number of aromatic nitrogens is 2. The molecule has 6 heteroatoms. The number of anilines is 1. The van der Waals surface area contributed by atoms with Crippen LogP contribution in [0.1, 0.15) is 37.1 Å². The van der Waals surface area contributed by atoms with Crippen LogP contribution in [0.2, 0.25) is 5.02 Å². The van der Waals surface area contributed by atoms with E-state index in [-0.39, 0.29) is 18.3 Å². The molecule has 1 aromatic carbocycles. The van der Waals surface area contributed by atoms with Gasteiger partial charge in [0.2, 0.25) is 0 Å². The summed E-state index contributed by atoms with van der Waals surface area (Å²) in [6, 6.07) is 7.97. The molecule has 3 rings (SSSR count). The first kappa shape index (κ1) is 19.8. The van der Waals surface area contributed by atoms with Crippen LogP contribution in [0, 0.1) is 19.8 Å². The van der Waals surface area contributed by atoms with E-state index in [0.29, 0.717) is 12.8 Å². The smallest absolute Gasteiger partial charge is 0.136 e. The number of rotatable bonds is 6. The van der Waals surface area contributed by atoms with Gasteiger partial charge in [-0.25, -0.2) is 9.97 Å². The average Bonchev–Trinajstić information content (AvgIpc) is 2.68. The van der Waals surface area contributed by atoms with E-state index < -0.39 is 0 Å². The van der Waals surface area contributed by atoms with Crippen molar-refractivity contribution < 1.29 is 9.90 Å². The Hall–Kier alpha value is -1.98. The van der Waals surface area contributed by atoms with Gasteiger partial charge in [-0.15, -0.1) is 0 Å². The zero-order chi connectivity index (χ0) is 19.4. The molecule has 0 saturated carbocycles. The van der Waals surface area contributed by atoms with Crippen LogP contribution in [0.25, 0.3) is 11.3 Å². The molecule has 2 heterocycles. The summed E-state index contributed by atoms with van der Waals surface area (Å²) in [5.41, 5.74) is 2.88. The SMILES string of the molecule is Cc1nc(-c2ccc(C)c(Cl)c2)cc(N2CCC(C(=O)CCCO)CC2)n1. The summed E-state index contributed by atoms with van der Waals surface area (Å²) < 4.78 is 0. The molecule has 2 aromatic rings. The Labute approximate surface area is 165 Å². The predicted octanol–water partition coefficient (Wildman–Crippen LogP) is 3.97. The third-order valence-corrected chi connectivity index (χ3v) is 5.55. The van der Waals surface area contributed by atoms with Crippen LogP contribution < -0.4 is 4.90 Å². The molecule has 0 atom stereocenters. The summed E-state index contributed by atoms with van der Waals surface area (Å²) in [6.45, 7) is 5.57. The zero-order valence-electron chi connectivity index (χ0n) is 15.9. The Balaban J connectivity index is 1.73. The molecule has 1 N–H and O–H groups in total. The highest BCUT2D eigenvalue weighted by atomic mass is 35.5. The molecule has 1 saturated heterocycles. The first-order chi connectivity index (χ1) is 13.0. The van der Waals surface area contributed by atoms with Crippen LogP contribution in [-0.2, 0) is 4.79 Å². The van der Waals surface area contributed by atoms with Crippen LogP contribution in [0.3, 0.4) is 0 Å². The van der Waals surface area contributed by atoms with Gasteiger partial charge >= 0.3 is 0 Å². The number of nitrogens with zero attached hydrogens (tertiary/aromatic N) is 3. The van der Waals surface area contributed by atoms with Gasteiger partial charge in [0.25, 0.3) is 0 Å². The summed E-state index contributed by atoms with van der Waals surface area (Å²) >= 11 is 6.27. The number of benzene rings is 1. The third-order valence-electron chi connectivity index (χ3n) is 5.15. The standard InChI is InChI=1S/C21H26ClN3O2/c1-14-5-6-17(12-18(14)22)19-13-21(24-15(2)23-19)25-9-7-16(8-10-25)20(27)4-3-11-26/h5-6,12-13,16,26H,3-4,7-11H2,1-2H3. The van der Waals surface area contributed by atoms with Crippen molar-refractivity contribution in [3.05, 3.63) is 40.7 Å². The Morgan fingerprint density at radius 3 is 2.63 bits per heavy atom. The lowest BCUT2D eigenvalue weighted by molar-refractivity contribution is -0.123. The second kappa shape index (κ2) is 8.81. The van der Waals surface area contributed by atoms with Crippen molar-refractivity contribution in [3.63, 3.8) is 0 Å². The fraction of sp³-hybridized carbons (Fsp3) is 0.476. The van der Waals surface area contributed by atoms with E-state index >= 15 is 0 Å². The minimum atomic E-state index is 0.0800. The van der Waals surface area contributed by atoms with E-state index in [1.165, 1.54) is 0 Å². The van der Waals surface area contributed by atoms with Gasteiger partial charge in [0.15, 0.2) is 0 Å². The number of hydrogen-bond donors (Lipinski definition) is 1. The van der Waals surface area contributed by atoms with Gasteiger partial charge < -0.3 is 10.0 Å². The fourth-order valence-electron chi connectivity index (χ4n) is 3.50. The Morgan fingerprint density at radius 1 is 1.22 bits per heavy atom. The van der Waals surface area contributed by atoms with Gasteiger partial charge in [0, 0.05) is 48.7 Å². The molecular formula is C21H26ClN3O2. The van der Waals surface area contributed by atoms with Crippen LogP contribution >= 0.6 is 11.6 Å². The van der Waals surface area contributed by atoms with Crippen LogP contribution in [-0.4, -0.2) is 40.6 Å². The number of piperidine rings is 1. The number of aliphatic hydroxyl groups excluding tert-OH is 1. The second-order valence-corrected chi connectivity index (χ2v) is 7.58. The van der Waals surface area contributed by atoms with Crippen molar-refractivity contribution in [2.24, 2.45) is 5.92 Å². The van der Waals surface area contributed by atoms with Crippen molar-refractivity contribution in [2.45, 2.75) is 39.5 Å². The van der Waals surface area contributed by atoms with E-state index in [9.17, 15) is 4.79 Å². The summed E-state index contributed by atoms with van der Waals surface area (Å²) in [4.78, 5) is 23.6. The first-order valence-electron chi connectivity index (χ1n) is 9.48. The quantitative estimate of drug-likeness (QED) is 0.812. The van der Waals surface area contributed by atoms with Gasteiger partial charge in [-0.05, 0) is 44.7 Å². The van der Waals surface area contributed by atoms with E-state index in [1.807, 2.05) is 38.1 Å². The zero-order valence-corrected chi connectivity index (χ0v) is 16.7. The van der Waals surface area contributed by atoms with Crippen molar-refractivity contribution in [3.8, 4) is 11.3 Å². The molecule has 0 spiro atoms. The van der Waals surface area contributed by atoms with Gasteiger partial charge in [-0.2, -0.15) is 0 Å². The van der Waals surface area contributed by atoms with Crippen LogP contribution in [0.15, 0.2) is 24.3 Å². The lowest BCUT2D eigenvalue weighted by Gasteiger charge is -2.32. The fourth-order valence-corrected chi connectivity index (χ4v) is 3.68. The normalized spacial score (nSPS) is 15.2. The first-order valence-corrected chi connectivity index (χ1v) is 9.86. The monoisotopic (exact) mass is 387 g/mol. The minimum Gasteiger partial charge on any atom is -0.396 e. The number of aryl methyl sites for hydroxylation is 2. The van der Waals surface area contributed by atoms with Gasteiger partial charge in [0.05, 0.1) is 5.69 Å². The molecule has 0 amide bonds. The number of hydrogen-bond acceptors (Lipinski definition) is 5. The largest absolute Gasteiger partial charge is 0.396 e. The second-order valence-electron chi connectivity index (χ2n) is 7.18. The molecule has 0 unspecified atom stereocenters. The van der Waals surface area contributed by atoms with E-state index in [0.717, 1.165) is 59.4 Å². The molecule has 1 aliphatic heterocycles. The van der Waals surface area contributed by atoms with Gasteiger partial charge in [-0.3, -0.25) is 4.79 Å². The van der Waals surface area contributed by atoms with Crippen molar-refractivity contribution >= 4 is 23.2 Å². The molecule has 144 valence electrons. The maximum atomic E-state index is 12.2. The lowest BCUT2D eigenvalue weighted by atomic mass is 9.90. The molecule has 0 aliphatic carbocycles. The molecule has 27 heavy (non-hydrogen) atoms. The number of carbonyl (C=O) groups is 1. The Morgan fingerprint density at radius 2 is 1.96 bits per heavy atom. The lowest BCUT2D eigenvalue weighted by Crippen LogP contribution is -2.37. The van der Waals surface area contributed by atoms with Crippen molar-refractivity contribution in [2.75, 3.05) is 24.6 Å². The number of Topliss-reactive ketones (excluding diaryl/α,β-unsaturated/α-hetero) is 1. The third kappa shape index (κ3) is 4.85. The number of aliphatic hydroxyl groups is 1. The van der Waals surface area contributed by atoms with Gasteiger partial charge in [-0.1, -0.05) is 23.7 Å². The highest BCUT2D eigenvalue weighted by Gasteiger charge is 2.25. The van der Waals surface area contributed by atoms with Crippen molar-refractivity contribution in [1.29, 1.82) is 0 Å². The number of carbonyl (C=O) groups excluding carboxylic acids is 1. The topological polar surface area (TPSA) is 66.3 Å². The highest BCUT2D eigenvalue weighted by Crippen LogP contribution is 2.28. The Kier molecular flexibility index (Phi) is 6.45. The summed E-state index contributed by atoms with van der Waals surface area (Å²) in [5.74, 6) is 2.00. The van der Waals surface area contributed by atoms with Crippen LogP contribution in [0.5, 0.6) is 0 Å². The Bertz CT molecular complexity index is 817. The average molecular weight is 388 g/mol. The highest BCUT2D eigenvalue weighted by molar-refractivity contribution is 6.31. The molecule has 1 fully saturated rings. The summed E-state index contributed by atoms with van der Waals surface area (Å²) in [7, 11) is 0. The molecule has 0 radical (unpaired) electrons.